The highest BCUT2D eigenvalue weighted by atomic mass is 16.1. The van der Waals surface area contributed by atoms with Gasteiger partial charge in [-0.2, -0.15) is 0 Å². The van der Waals surface area contributed by atoms with Crippen molar-refractivity contribution in [2.24, 2.45) is 0 Å². The third-order valence-corrected chi connectivity index (χ3v) is 4.90. The first-order valence-corrected chi connectivity index (χ1v) is 8.75. The molecule has 0 fully saturated rings. The number of rotatable bonds is 5. The number of hydrogen-bond donors (Lipinski definition) is 1. The summed E-state index contributed by atoms with van der Waals surface area (Å²) < 4.78 is 2.25. The van der Waals surface area contributed by atoms with Gasteiger partial charge in [0.15, 0.2) is 0 Å². The van der Waals surface area contributed by atoms with E-state index < -0.39 is 0 Å². The molecule has 0 saturated carbocycles. The molecule has 0 radical (unpaired) electrons. The number of para-hydroxylation sites is 1. The molecule has 2 aromatic carbocycles. The molecule has 122 valence electrons. The molecule has 0 saturated heterocycles. The molecule has 0 aliphatic heterocycles. The van der Waals surface area contributed by atoms with Gasteiger partial charge in [-0.15, -0.1) is 0 Å². The normalized spacial score (nSPS) is 13.2. The maximum absolute atomic E-state index is 12.3. The second kappa shape index (κ2) is 6.52. The largest absolute Gasteiger partial charge is 0.352 e. The van der Waals surface area contributed by atoms with Crippen LogP contribution in [0.1, 0.15) is 34.3 Å². The average Bonchev–Trinajstić information content (AvgIpc) is 3.24. The van der Waals surface area contributed by atoms with E-state index in [1.807, 2.05) is 6.07 Å². The average molecular weight is 318 g/mol. The van der Waals surface area contributed by atoms with Crippen molar-refractivity contribution in [2.45, 2.75) is 32.2 Å². The molecule has 1 aromatic heterocycles. The molecule has 3 nitrogen and oxygen atoms in total. The lowest BCUT2D eigenvalue weighted by atomic mass is 10.1. The van der Waals surface area contributed by atoms with Crippen LogP contribution in [0.2, 0.25) is 0 Å². The second-order valence-electron chi connectivity index (χ2n) is 6.51. The number of aromatic nitrogens is 1. The van der Waals surface area contributed by atoms with Gasteiger partial charge in [0.1, 0.15) is 0 Å². The molecule has 1 heterocycles. The van der Waals surface area contributed by atoms with E-state index >= 15 is 0 Å². The Morgan fingerprint density at radius 3 is 2.88 bits per heavy atom. The van der Waals surface area contributed by atoms with E-state index in [9.17, 15) is 4.79 Å². The second-order valence-corrected chi connectivity index (χ2v) is 6.51. The minimum atomic E-state index is 0.0436. The Morgan fingerprint density at radius 2 is 1.92 bits per heavy atom. The van der Waals surface area contributed by atoms with E-state index in [2.05, 4.69) is 58.5 Å². The van der Waals surface area contributed by atoms with Gasteiger partial charge in [0.2, 0.25) is 0 Å². The number of fused-ring (bicyclic) bond motifs is 2. The van der Waals surface area contributed by atoms with Crippen molar-refractivity contribution >= 4 is 16.8 Å². The van der Waals surface area contributed by atoms with Crippen LogP contribution in [-0.4, -0.2) is 17.0 Å². The quantitative estimate of drug-likeness (QED) is 0.710. The molecule has 0 atom stereocenters. The highest BCUT2D eigenvalue weighted by Crippen LogP contribution is 2.22. The molecule has 24 heavy (non-hydrogen) atoms. The minimum Gasteiger partial charge on any atom is -0.352 e. The fraction of sp³-hybridized carbons (Fsp3) is 0.286. The number of nitrogens with zero attached hydrogens (tertiary/aromatic N) is 1. The topological polar surface area (TPSA) is 34.0 Å². The first-order chi connectivity index (χ1) is 11.8. The van der Waals surface area contributed by atoms with Crippen LogP contribution in [0.4, 0.5) is 0 Å². The zero-order valence-corrected chi connectivity index (χ0v) is 13.8. The van der Waals surface area contributed by atoms with Gasteiger partial charge in [-0.25, -0.2) is 0 Å². The van der Waals surface area contributed by atoms with Gasteiger partial charge >= 0.3 is 0 Å². The van der Waals surface area contributed by atoms with Crippen molar-refractivity contribution in [1.29, 1.82) is 0 Å². The van der Waals surface area contributed by atoms with Crippen LogP contribution in [-0.2, 0) is 19.4 Å². The van der Waals surface area contributed by atoms with Crippen molar-refractivity contribution in [3.63, 3.8) is 0 Å². The summed E-state index contributed by atoms with van der Waals surface area (Å²) in [7, 11) is 0. The van der Waals surface area contributed by atoms with Gasteiger partial charge in [-0.3, -0.25) is 4.79 Å². The molecule has 3 heteroatoms. The highest BCUT2D eigenvalue weighted by molar-refractivity contribution is 5.94. The van der Waals surface area contributed by atoms with Crippen LogP contribution in [0, 0.1) is 0 Å². The molecule has 0 bridgehead atoms. The Morgan fingerprint density at radius 1 is 1.04 bits per heavy atom. The predicted molar refractivity (Wildman–Crippen MR) is 97.4 cm³/mol. The molecule has 3 aromatic rings. The fourth-order valence-electron chi connectivity index (χ4n) is 3.60. The lowest BCUT2D eigenvalue weighted by Crippen LogP contribution is -2.25. The summed E-state index contributed by atoms with van der Waals surface area (Å²) in [6.45, 7) is 1.61. The zero-order valence-electron chi connectivity index (χ0n) is 13.8. The molecule has 0 spiro atoms. The molecule has 1 aliphatic carbocycles. The SMILES string of the molecule is O=C(NCCCn1ccc2ccccc21)c1ccc2c(c1)CCC2. The van der Waals surface area contributed by atoms with Gasteiger partial charge in [0, 0.05) is 30.4 Å². The van der Waals surface area contributed by atoms with Crippen molar-refractivity contribution in [3.8, 4) is 0 Å². The first kappa shape index (κ1) is 15.0. The first-order valence-electron chi connectivity index (χ1n) is 8.75. The van der Waals surface area contributed by atoms with E-state index in [1.165, 1.54) is 28.5 Å². The number of benzene rings is 2. The third kappa shape index (κ3) is 2.94. The molecule has 1 amide bonds. The Hall–Kier alpha value is -2.55. The smallest absolute Gasteiger partial charge is 0.251 e. The van der Waals surface area contributed by atoms with Crippen molar-refractivity contribution in [2.75, 3.05) is 6.54 Å². The number of hydrogen-bond acceptors (Lipinski definition) is 1. The zero-order chi connectivity index (χ0) is 16.4. The molecule has 1 aliphatic rings. The predicted octanol–water partition coefficient (Wildman–Crippen LogP) is 3.95. The summed E-state index contributed by atoms with van der Waals surface area (Å²) >= 11 is 0. The van der Waals surface area contributed by atoms with Crippen LogP contribution >= 0.6 is 0 Å². The van der Waals surface area contributed by atoms with E-state index in [1.54, 1.807) is 0 Å². The Kier molecular flexibility index (Phi) is 4.08. The summed E-state index contributed by atoms with van der Waals surface area (Å²) in [5, 5.41) is 4.31. The summed E-state index contributed by atoms with van der Waals surface area (Å²) in [5.41, 5.74) is 4.80. The van der Waals surface area contributed by atoms with Gasteiger partial charge < -0.3 is 9.88 Å². The molecule has 4 rings (SSSR count). The van der Waals surface area contributed by atoms with Crippen LogP contribution in [0.25, 0.3) is 10.9 Å². The van der Waals surface area contributed by atoms with E-state index in [-0.39, 0.29) is 5.91 Å². The molecular weight excluding hydrogens is 296 g/mol. The number of amides is 1. The number of carbonyl (C=O) groups is 1. The highest BCUT2D eigenvalue weighted by Gasteiger charge is 2.13. The standard InChI is InChI=1S/C21H22N2O/c24-21(19-10-9-16-6-3-7-18(16)15-19)22-12-4-13-23-14-11-17-5-1-2-8-20(17)23/h1-2,5,8-11,14-15H,3-4,6-7,12-13H2,(H,22,24). The van der Waals surface area contributed by atoms with Gasteiger partial charge in [-0.1, -0.05) is 24.3 Å². The Bertz CT molecular complexity index is 878. The minimum absolute atomic E-state index is 0.0436. The summed E-state index contributed by atoms with van der Waals surface area (Å²) in [5.74, 6) is 0.0436. The van der Waals surface area contributed by atoms with Crippen LogP contribution in [0.15, 0.2) is 54.7 Å². The number of carbonyl (C=O) groups excluding carboxylic acids is 1. The van der Waals surface area contributed by atoms with Gasteiger partial charge in [0.05, 0.1) is 0 Å². The third-order valence-electron chi connectivity index (χ3n) is 4.90. The lowest BCUT2D eigenvalue weighted by molar-refractivity contribution is 0.0952. The Labute approximate surface area is 142 Å². The monoisotopic (exact) mass is 318 g/mol. The molecule has 0 unspecified atom stereocenters. The summed E-state index contributed by atoms with van der Waals surface area (Å²) in [6.07, 6.45) is 6.52. The lowest BCUT2D eigenvalue weighted by Gasteiger charge is -2.08. The van der Waals surface area contributed by atoms with Gasteiger partial charge in [0.25, 0.3) is 5.91 Å². The van der Waals surface area contributed by atoms with Crippen LogP contribution in [0.3, 0.4) is 0 Å². The van der Waals surface area contributed by atoms with E-state index in [0.29, 0.717) is 6.54 Å². The van der Waals surface area contributed by atoms with Crippen molar-refractivity contribution in [1.82, 2.24) is 9.88 Å². The molecule has 1 N–H and O–H groups in total. The maximum atomic E-state index is 12.3. The molecular formula is C21H22N2O. The summed E-state index contributed by atoms with van der Waals surface area (Å²) in [4.78, 5) is 12.3. The van der Waals surface area contributed by atoms with Crippen molar-refractivity contribution < 1.29 is 4.79 Å². The van der Waals surface area contributed by atoms with Gasteiger partial charge in [-0.05, 0) is 66.5 Å². The Balaban J connectivity index is 1.32. The van der Waals surface area contributed by atoms with E-state index in [4.69, 9.17) is 0 Å². The van der Waals surface area contributed by atoms with Crippen LogP contribution < -0.4 is 5.32 Å². The summed E-state index contributed by atoms with van der Waals surface area (Å²) in [6, 6.07) is 16.7. The van der Waals surface area contributed by atoms with Crippen LogP contribution in [0.5, 0.6) is 0 Å². The number of aryl methyl sites for hydroxylation is 3. The van der Waals surface area contributed by atoms with E-state index in [0.717, 1.165) is 31.4 Å². The maximum Gasteiger partial charge on any atom is 0.251 e. The number of nitrogens with one attached hydrogen (secondary N) is 1. The van der Waals surface area contributed by atoms with Crippen molar-refractivity contribution in [3.05, 3.63) is 71.4 Å². The fourth-order valence-corrected chi connectivity index (χ4v) is 3.60.